The van der Waals surface area contributed by atoms with Gasteiger partial charge in [0, 0.05) is 30.7 Å². The van der Waals surface area contributed by atoms with Crippen LogP contribution in [-0.4, -0.2) is 35.3 Å². The van der Waals surface area contributed by atoms with E-state index in [4.69, 9.17) is 9.47 Å². The zero-order chi connectivity index (χ0) is 19.5. The maximum atomic E-state index is 13.9. The standard InChI is InChI=1S/C19H21F2NO4S/c1-25-17-5-3-2-4-15(17)19(8-10-26-11-9-19)13-22-27(23,24)18-12-14(20)6-7-16(18)21/h2-7,12,22H,8-11,13H2,1H3. The molecule has 0 saturated carbocycles. The van der Waals surface area contributed by atoms with Crippen molar-refractivity contribution in [2.24, 2.45) is 0 Å². The third-order valence-corrected chi connectivity index (χ3v) is 6.33. The number of benzene rings is 2. The van der Waals surface area contributed by atoms with E-state index in [0.717, 1.165) is 17.7 Å². The number of ether oxygens (including phenoxy) is 2. The van der Waals surface area contributed by atoms with Gasteiger partial charge in [0.1, 0.15) is 22.3 Å². The Bertz CT molecular complexity index is 912. The Morgan fingerprint density at radius 2 is 1.85 bits per heavy atom. The van der Waals surface area contributed by atoms with Crippen molar-refractivity contribution < 1.29 is 26.7 Å². The van der Waals surface area contributed by atoms with Crippen molar-refractivity contribution in [1.82, 2.24) is 4.72 Å². The number of rotatable bonds is 6. The largest absolute Gasteiger partial charge is 0.496 e. The van der Waals surface area contributed by atoms with E-state index in [9.17, 15) is 17.2 Å². The second kappa shape index (κ2) is 7.92. The summed E-state index contributed by atoms with van der Waals surface area (Å²) in [4.78, 5) is -0.704. The van der Waals surface area contributed by atoms with Crippen LogP contribution in [0.3, 0.4) is 0 Å². The van der Waals surface area contributed by atoms with Crippen molar-refractivity contribution in [3.8, 4) is 5.75 Å². The molecule has 0 aliphatic carbocycles. The van der Waals surface area contributed by atoms with E-state index in [1.165, 1.54) is 0 Å². The number of halogens is 2. The van der Waals surface area contributed by atoms with Gasteiger partial charge in [-0.2, -0.15) is 0 Å². The molecule has 1 heterocycles. The summed E-state index contributed by atoms with van der Waals surface area (Å²) in [6, 6.07) is 9.75. The van der Waals surface area contributed by atoms with Gasteiger partial charge in [0.25, 0.3) is 0 Å². The van der Waals surface area contributed by atoms with Crippen molar-refractivity contribution in [2.75, 3.05) is 26.9 Å². The first-order chi connectivity index (χ1) is 12.9. The van der Waals surface area contributed by atoms with Gasteiger partial charge in [0.15, 0.2) is 0 Å². The van der Waals surface area contributed by atoms with E-state index < -0.39 is 32.0 Å². The molecule has 1 aliphatic rings. The molecule has 27 heavy (non-hydrogen) atoms. The number of para-hydroxylation sites is 1. The van der Waals surface area contributed by atoms with Gasteiger partial charge in [-0.25, -0.2) is 21.9 Å². The summed E-state index contributed by atoms with van der Waals surface area (Å²) in [6.45, 7) is 0.956. The highest BCUT2D eigenvalue weighted by Gasteiger charge is 2.38. The molecule has 0 amide bonds. The molecule has 1 saturated heterocycles. The van der Waals surface area contributed by atoms with Gasteiger partial charge in [-0.15, -0.1) is 0 Å². The van der Waals surface area contributed by atoms with Gasteiger partial charge in [-0.3, -0.25) is 0 Å². The fourth-order valence-corrected chi connectivity index (χ4v) is 4.59. The summed E-state index contributed by atoms with van der Waals surface area (Å²) >= 11 is 0. The number of methoxy groups -OCH3 is 1. The van der Waals surface area contributed by atoms with E-state index in [2.05, 4.69) is 4.72 Å². The van der Waals surface area contributed by atoms with Crippen LogP contribution in [0.1, 0.15) is 18.4 Å². The molecule has 1 fully saturated rings. The minimum Gasteiger partial charge on any atom is -0.496 e. The van der Waals surface area contributed by atoms with Crippen LogP contribution in [0.15, 0.2) is 47.4 Å². The lowest BCUT2D eigenvalue weighted by molar-refractivity contribution is 0.0508. The van der Waals surface area contributed by atoms with Crippen LogP contribution in [0.4, 0.5) is 8.78 Å². The second-order valence-electron chi connectivity index (χ2n) is 6.49. The molecule has 0 radical (unpaired) electrons. The summed E-state index contributed by atoms with van der Waals surface area (Å²) in [7, 11) is -2.67. The maximum absolute atomic E-state index is 13.9. The fourth-order valence-electron chi connectivity index (χ4n) is 3.38. The van der Waals surface area contributed by atoms with Crippen LogP contribution < -0.4 is 9.46 Å². The van der Waals surface area contributed by atoms with Crippen molar-refractivity contribution in [1.29, 1.82) is 0 Å². The monoisotopic (exact) mass is 397 g/mol. The van der Waals surface area contributed by atoms with Gasteiger partial charge in [0.2, 0.25) is 10.0 Å². The van der Waals surface area contributed by atoms with Gasteiger partial charge in [0.05, 0.1) is 7.11 Å². The summed E-state index contributed by atoms with van der Waals surface area (Å²) in [6.07, 6.45) is 1.14. The van der Waals surface area contributed by atoms with Crippen LogP contribution in [-0.2, 0) is 20.2 Å². The molecule has 5 nitrogen and oxygen atoms in total. The quantitative estimate of drug-likeness (QED) is 0.814. The lowest BCUT2D eigenvalue weighted by atomic mass is 9.74. The Labute approximate surface area is 157 Å². The molecular formula is C19H21F2NO4S. The van der Waals surface area contributed by atoms with Crippen LogP contribution in [0.25, 0.3) is 0 Å². The van der Waals surface area contributed by atoms with Crippen LogP contribution in [0.5, 0.6) is 5.75 Å². The third-order valence-electron chi connectivity index (χ3n) is 4.91. The number of sulfonamides is 1. The van der Waals surface area contributed by atoms with E-state index in [1.807, 2.05) is 24.3 Å². The average Bonchev–Trinajstić information content (AvgIpc) is 2.69. The molecule has 0 atom stereocenters. The summed E-state index contributed by atoms with van der Waals surface area (Å²) < 4.78 is 65.9. The molecule has 1 aliphatic heterocycles. The minimum absolute atomic E-state index is 0.0228. The van der Waals surface area contributed by atoms with E-state index in [0.29, 0.717) is 37.9 Å². The van der Waals surface area contributed by atoms with Crippen LogP contribution in [0.2, 0.25) is 0 Å². The van der Waals surface area contributed by atoms with Crippen molar-refractivity contribution in [2.45, 2.75) is 23.2 Å². The summed E-state index contributed by atoms with van der Waals surface area (Å²) in [5.41, 5.74) is 0.292. The zero-order valence-electron chi connectivity index (χ0n) is 14.9. The molecule has 2 aromatic carbocycles. The number of nitrogens with one attached hydrogen (secondary N) is 1. The zero-order valence-corrected chi connectivity index (χ0v) is 15.7. The number of hydrogen-bond donors (Lipinski definition) is 1. The molecule has 3 rings (SSSR count). The average molecular weight is 397 g/mol. The molecule has 0 bridgehead atoms. The first-order valence-electron chi connectivity index (χ1n) is 8.54. The SMILES string of the molecule is COc1ccccc1C1(CNS(=O)(=O)c2cc(F)ccc2F)CCOCC1. The second-order valence-corrected chi connectivity index (χ2v) is 8.23. The highest BCUT2D eigenvalue weighted by atomic mass is 32.2. The Morgan fingerprint density at radius 3 is 2.56 bits per heavy atom. The lowest BCUT2D eigenvalue weighted by Crippen LogP contribution is -2.44. The van der Waals surface area contributed by atoms with E-state index in [1.54, 1.807) is 7.11 Å². The Balaban J connectivity index is 1.93. The van der Waals surface area contributed by atoms with E-state index >= 15 is 0 Å². The van der Waals surface area contributed by atoms with Crippen LogP contribution >= 0.6 is 0 Å². The summed E-state index contributed by atoms with van der Waals surface area (Å²) in [5, 5.41) is 0. The van der Waals surface area contributed by atoms with Gasteiger partial charge in [-0.05, 0) is 37.1 Å². The Morgan fingerprint density at radius 1 is 1.15 bits per heavy atom. The number of hydrogen-bond acceptors (Lipinski definition) is 4. The van der Waals surface area contributed by atoms with Crippen LogP contribution in [0, 0.1) is 11.6 Å². The first-order valence-corrected chi connectivity index (χ1v) is 10.0. The highest BCUT2D eigenvalue weighted by molar-refractivity contribution is 7.89. The predicted molar refractivity (Wildman–Crippen MR) is 96.3 cm³/mol. The van der Waals surface area contributed by atoms with Crippen molar-refractivity contribution >= 4 is 10.0 Å². The molecule has 8 heteroatoms. The predicted octanol–water partition coefficient (Wildman–Crippen LogP) is 3.00. The molecule has 1 N–H and O–H groups in total. The fraction of sp³-hybridized carbons (Fsp3) is 0.368. The third kappa shape index (κ3) is 4.12. The molecule has 2 aromatic rings. The van der Waals surface area contributed by atoms with Crippen molar-refractivity contribution in [3.05, 3.63) is 59.7 Å². The smallest absolute Gasteiger partial charge is 0.243 e. The van der Waals surface area contributed by atoms with Gasteiger partial charge >= 0.3 is 0 Å². The topological polar surface area (TPSA) is 64.6 Å². The first kappa shape index (κ1) is 19.7. The normalized spacial score (nSPS) is 16.9. The maximum Gasteiger partial charge on any atom is 0.243 e. The molecule has 0 spiro atoms. The van der Waals surface area contributed by atoms with E-state index in [-0.39, 0.29) is 6.54 Å². The minimum atomic E-state index is -4.23. The Hall–Kier alpha value is -2.03. The highest BCUT2D eigenvalue weighted by Crippen LogP contribution is 2.39. The molecular weight excluding hydrogens is 376 g/mol. The lowest BCUT2D eigenvalue weighted by Gasteiger charge is -2.38. The molecule has 146 valence electrons. The van der Waals surface area contributed by atoms with Gasteiger partial charge < -0.3 is 9.47 Å². The van der Waals surface area contributed by atoms with Gasteiger partial charge in [-0.1, -0.05) is 18.2 Å². The molecule has 0 unspecified atom stereocenters. The van der Waals surface area contributed by atoms with Crippen molar-refractivity contribution in [3.63, 3.8) is 0 Å². The molecule has 0 aromatic heterocycles. The Kier molecular flexibility index (Phi) is 5.78. The summed E-state index contributed by atoms with van der Waals surface area (Å²) in [5.74, 6) is -1.17.